The smallest absolute Gasteiger partial charge is 0.416 e. The van der Waals surface area contributed by atoms with Crippen molar-refractivity contribution in [2.45, 2.75) is 18.9 Å². The van der Waals surface area contributed by atoms with E-state index in [-0.39, 0.29) is 35.6 Å². The molecule has 1 amide bonds. The molecule has 26 heavy (non-hydrogen) atoms. The first kappa shape index (κ1) is 22.3. The van der Waals surface area contributed by atoms with Crippen LogP contribution in [0.3, 0.4) is 0 Å². The lowest BCUT2D eigenvalue weighted by molar-refractivity contribution is -0.670. The van der Waals surface area contributed by atoms with Gasteiger partial charge in [-0.25, -0.2) is 9.36 Å². The molecule has 2 aromatic rings. The molecule has 0 atom stereocenters. The monoisotopic (exact) mass is 493 g/mol. The van der Waals surface area contributed by atoms with Gasteiger partial charge in [-0.2, -0.15) is 30.9 Å². The van der Waals surface area contributed by atoms with Crippen LogP contribution in [0.4, 0.5) is 31.1 Å². The summed E-state index contributed by atoms with van der Waals surface area (Å²) in [5.41, 5.74) is -3.09. The fourth-order valence-corrected chi connectivity index (χ4v) is 2.21. The van der Waals surface area contributed by atoms with E-state index in [2.05, 4.69) is 0 Å². The van der Waals surface area contributed by atoms with Gasteiger partial charge >= 0.3 is 18.4 Å². The van der Waals surface area contributed by atoms with E-state index in [1.807, 2.05) is 0 Å². The number of alkyl halides is 6. The molecule has 0 aliphatic carbocycles. The average molecular weight is 493 g/mol. The van der Waals surface area contributed by atoms with E-state index in [4.69, 9.17) is 0 Å². The average Bonchev–Trinajstić information content (AvgIpc) is 2.90. The van der Waals surface area contributed by atoms with E-state index in [1.54, 1.807) is 17.8 Å². The first-order valence-corrected chi connectivity index (χ1v) is 6.95. The number of halogens is 7. The maximum Gasteiger partial charge on any atom is 0.416 e. The van der Waals surface area contributed by atoms with Crippen LogP contribution in [0.5, 0.6) is 0 Å². The standard InChI is InChI=1S/C15H14F6N3O.HI/c1-22-3-4-24(9-22)13(25)23(2)8-10-5-11(14(16,17)18)7-12(6-10)15(19,20)21;/h3-7,9H,8H2,1-2H3;1H/q+1;/p-1. The Bertz CT molecular complexity index is 752. The number of hydrogen-bond acceptors (Lipinski definition) is 1. The summed E-state index contributed by atoms with van der Waals surface area (Å²) in [5, 5.41) is 0. The summed E-state index contributed by atoms with van der Waals surface area (Å²) in [6.45, 7) is -0.409. The minimum absolute atomic E-state index is 0. The summed E-state index contributed by atoms with van der Waals surface area (Å²) < 4.78 is 79.8. The summed E-state index contributed by atoms with van der Waals surface area (Å²) in [5.74, 6) is 0. The molecule has 0 aliphatic heterocycles. The SMILES string of the molecule is CN(Cc1cc(C(F)(F)F)cc(C(F)(F)F)c1)C(=O)n1cc[n+](C)c1.[I-]. The van der Waals surface area contributed by atoms with Crippen molar-refractivity contribution < 1.29 is 59.7 Å². The molecule has 0 bridgehead atoms. The summed E-state index contributed by atoms with van der Waals surface area (Å²) in [6.07, 6.45) is -5.43. The highest BCUT2D eigenvalue weighted by molar-refractivity contribution is 5.76. The lowest BCUT2D eigenvalue weighted by atomic mass is 10.0. The summed E-state index contributed by atoms with van der Waals surface area (Å²) in [6, 6.07) is 0.673. The second kappa shape index (κ2) is 7.84. The van der Waals surface area contributed by atoms with E-state index >= 15 is 0 Å². The highest BCUT2D eigenvalue weighted by Gasteiger charge is 2.37. The fraction of sp³-hybridized carbons (Fsp3) is 0.333. The van der Waals surface area contributed by atoms with Gasteiger partial charge in [-0.05, 0) is 23.8 Å². The van der Waals surface area contributed by atoms with Crippen LogP contribution >= 0.6 is 0 Å². The predicted molar refractivity (Wildman–Crippen MR) is 74.3 cm³/mol. The summed E-state index contributed by atoms with van der Waals surface area (Å²) in [4.78, 5) is 13.2. The lowest BCUT2D eigenvalue weighted by Crippen LogP contribution is -3.00. The first-order valence-electron chi connectivity index (χ1n) is 6.95. The fourth-order valence-electron chi connectivity index (χ4n) is 2.21. The van der Waals surface area contributed by atoms with Crippen LogP contribution in [-0.4, -0.2) is 22.5 Å². The van der Waals surface area contributed by atoms with Crippen LogP contribution < -0.4 is 28.5 Å². The Morgan fingerprint density at radius 1 is 1.08 bits per heavy atom. The number of hydrogen-bond donors (Lipinski definition) is 0. The number of aromatic nitrogens is 2. The Balaban J connectivity index is 0.00000338. The molecule has 0 aliphatic rings. The Kier molecular flexibility index (Phi) is 6.71. The normalized spacial score (nSPS) is 11.8. The molecule has 1 aromatic carbocycles. The van der Waals surface area contributed by atoms with E-state index in [0.29, 0.717) is 12.1 Å². The highest BCUT2D eigenvalue weighted by Crippen LogP contribution is 2.36. The van der Waals surface area contributed by atoms with Gasteiger partial charge in [0.25, 0.3) is 6.33 Å². The zero-order valence-corrected chi connectivity index (χ0v) is 15.7. The first-order chi connectivity index (χ1) is 11.4. The summed E-state index contributed by atoms with van der Waals surface area (Å²) in [7, 11) is 2.95. The third-order valence-corrected chi connectivity index (χ3v) is 3.38. The molecule has 0 unspecified atom stereocenters. The number of nitrogens with zero attached hydrogens (tertiary/aromatic N) is 3. The molecule has 144 valence electrons. The molecular formula is C15H14F6IN3O. The van der Waals surface area contributed by atoms with E-state index < -0.39 is 36.1 Å². The van der Waals surface area contributed by atoms with Gasteiger partial charge in [-0.1, -0.05) is 0 Å². The second-order valence-corrected chi connectivity index (χ2v) is 5.54. The Labute approximate surface area is 162 Å². The van der Waals surface area contributed by atoms with E-state index in [1.165, 1.54) is 19.6 Å². The van der Waals surface area contributed by atoms with Crippen LogP contribution in [0, 0.1) is 0 Å². The minimum Gasteiger partial charge on any atom is -1.00 e. The maximum absolute atomic E-state index is 12.8. The molecule has 4 nitrogen and oxygen atoms in total. The maximum atomic E-state index is 12.8. The Morgan fingerprint density at radius 2 is 1.58 bits per heavy atom. The van der Waals surface area contributed by atoms with Gasteiger partial charge < -0.3 is 28.9 Å². The zero-order chi connectivity index (χ0) is 19.0. The van der Waals surface area contributed by atoms with Crippen molar-refractivity contribution in [3.63, 3.8) is 0 Å². The molecule has 0 fully saturated rings. The topological polar surface area (TPSA) is 29.1 Å². The zero-order valence-electron chi connectivity index (χ0n) is 13.6. The molecule has 11 heteroatoms. The van der Waals surface area contributed by atoms with Gasteiger partial charge in [0.2, 0.25) is 0 Å². The molecule has 0 N–H and O–H groups in total. The van der Waals surface area contributed by atoms with Crippen LogP contribution in [0.2, 0.25) is 0 Å². The van der Waals surface area contributed by atoms with Crippen molar-refractivity contribution >= 4 is 6.03 Å². The third-order valence-electron chi connectivity index (χ3n) is 3.38. The molecule has 0 saturated carbocycles. The quantitative estimate of drug-likeness (QED) is 0.340. The van der Waals surface area contributed by atoms with Gasteiger partial charge in [-0.15, -0.1) is 0 Å². The molecule has 1 heterocycles. The molecule has 1 aromatic heterocycles. The predicted octanol–water partition coefficient (Wildman–Crippen LogP) is 0.454. The second-order valence-electron chi connectivity index (χ2n) is 5.54. The van der Waals surface area contributed by atoms with Gasteiger partial charge in [0.15, 0.2) is 0 Å². The van der Waals surface area contributed by atoms with Crippen LogP contribution in [0.25, 0.3) is 0 Å². The molecular weight excluding hydrogens is 479 g/mol. The Hall–Kier alpha value is -1.79. The number of benzene rings is 1. The highest BCUT2D eigenvalue weighted by atomic mass is 127. The minimum atomic E-state index is -4.92. The molecule has 2 rings (SSSR count). The van der Waals surface area contributed by atoms with Crippen molar-refractivity contribution in [1.29, 1.82) is 0 Å². The number of aryl methyl sites for hydroxylation is 1. The largest absolute Gasteiger partial charge is 1.00 e. The third kappa shape index (κ3) is 5.35. The van der Waals surface area contributed by atoms with Crippen LogP contribution in [0.15, 0.2) is 36.9 Å². The van der Waals surface area contributed by atoms with Gasteiger partial charge in [0, 0.05) is 13.6 Å². The molecule has 0 spiro atoms. The van der Waals surface area contributed by atoms with Crippen LogP contribution in [-0.2, 0) is 25.9 Å². The van der Waals surface area contributed by atoms with Crippen LogP contribution in [0.1, 0.15) is 16.7 Å². The van der Waals surface area contributed by atoms with Crippen molar-refractivity contribution in [1.82, 2.24) is 9.47 Å². The van der Waals surface area contributed by atoms with E-state index in [0.717, 1.165) is 9.47 Å². The van der Waals surface area contributed by atoms with Crippen molar-refractivity contribution in [2.24, 2.45) is 7.05 Å². The van der Waals surface area contributed by atoms with Crippen molar-refractivity contribution in [3.05, 3.63) is 53.6 Å². The number of rotatable bonds is 2. The number of carbonyl (C=O) groups excluding carboxylic acids is 1. The Morgan fingerprint density at radius 3 is 1.96 bits per heavy atom. The molecule has 0 saturated heterocycles. The summed E-state index contributed by atoms with van der Waals surface area (Å²) >= 11 is 0. The lowest BCUT2D eigenvalue weighted by Gasteiger charge is -2.18. The van der Waals surface area contributed by atoms with Crippen molar-refractivity contribution in [2.75, 3.05) is 7.05 Å². The van der Waals surface area contributed by atoms with Crippen molar-refractivity contribution in [3.8, 4) is 0 Å². The number of imidazole rings is 1. The molecule has 0 radical (unpaired) electrons. The number of carbonyl (C=O) groups is 1. The van der Waals surface area contributed by atoms with E-state index in [9.17, 15) is 31.1 Å². The van der Waals surface area contributed by atoms with Gasteiger partial charge in [-0.3, -0.25) is 0 Å². The van der Waals surface area contributed by atoms with Gasteiger partial charge in [0.05, 0.1) is 18.2 Å². The van der Waals surface area contributed by atoms with Gasteiger partial charge in [0.1, 0.15) is 12.4 Å². The number of amides is 1.